The Bertz CT molecular complexity index is 611. The number of hydrogen-bond donors (Lipinski definition) is 1. The molecule has 2 aromatic carbocycles. The molecule has 3 nitrogen and oxygen atoms in total. The largest absolute Gasteiger partial charge is 0.496 e. The predicted octanol–water partition coefficient (Wildman–Crippen LogP) is 3.05. The van der Waals surface area contributed by atoms with E-state index >= 15 is 0 Å². The Balaban J connectivity index is 1.87. The number of piperidine rings is 1. The first-order valence-corrected chi connectivity index (χ1v) is 7.69. The van der Waals surface area contributed by atoms with Crippen molar-refractivity contribution in [2.75, 3.05) is 26.8 Å². The Hall–Kier alpha value is -1.58. The molecule has 112 valence electrons. The molecule has 1 saturated heterocycles. The van der Waals surface area contributed by atoms with Gasteiger partial charge in [-0.25, -0.2) is 0 Å². The van der Waals surface area contributed by atoms with Crippen LogP contribution in [0.25, 0.3) is 10.8 Å². The number of aliphatic hydroxyl groups is 1. The topological polar surface area (TPSA) is 32.7 Å². The smallest absolute Gasteiger partial charge is 0.126 e. The summed E-state index contributed by atoms with van der Waals surface area (Å²) in [6, 6.07) is 12.6. The van der Waals surface area contributed by atoms with Crippen molar-refractivity contribution >= 4 is 10.8 Å². The van der Waals surface area contributed by atoms with Crippen molar-refractivity contribution in [2.24, 2.45) is 5.92 Å². The van der Waals surface area contributed by atoms with Crippen molar-refractivity contribution < 1.29 is 9.84 Å². The number of nitrogens with zero attached hydrogens (tertiary/aromatic N) is 1. The van der Waals surface area contributed by atoms with Crippen LogP contribution in [0, 0.1) is 5.92 Å². The molecule has 1 aliphatic heterocycles. The molecule has 0 spiro atoms. The molecule has 0 amide bonds. The van der Waals surface area contributed by atoms with Gasteiger partial charge in [-0.2, -0.15) is 0 Å². The van der Waals surface area contributed by atoms with Crippen LogP contribution in [-0.2, 0) is 6.54 Å². The van der Waals surface area contributed by atoms with Crippen molar-refractivity contribution in [1.82, 2.24) is 4.90 Å². The van der Waals surface area contributed by atoms with Gasteiger partial charge in [-0.05, 0) is 42.3 Å². The number of rotatable bonds is 4. The molecule has 1 heterocycles. The third-order valence-electron chi connectivity index (χ3n) is 4.45. The summed E-state index contributed by atoms with van der Waals surface area (Å²) in [5.41, 5.74) is 1.34. The van der Waals surface area contributed by atoms with Crippen LogP contribution in [0.15, 0.2) is 36.4 Å². The Morgan fingerprint density at radius 2 is 2.00 bits per heavy atom. The van der Waals surface area contributed by atoms with Gasteiger partial charge in [0.25, 0.3) is 0 Å². The zero-order valence-electron chi connectivity index (χ0n) is 12.6. The Morgan fingerprint density at radius 3 is 2.76 bits per heavy atom. The number of hydrogen-bond acceptors (Lipinski definition) is 3. The average Bonchev–Trinajstić information content (AvgIpc) is 2.55. The molecule has 0 saturated carbocycles. The van der Waals surface area contributed by atoms with E-state index in [0.29, 0.717) is 12.5 Å². The van der Waals surface area contributed by atoms with Gasteiger partial charge in [0.2, 0.25) is 0 Å². The summed E-state index contributed by atoms with van der Waals surface area (Å²) in [5, 5.41) is 11.8. The molecular weight excluding hydrogens is 262 g/mol. The normalized spacial score (nSPS) is 19.8. The van der Waals surface area contributed by atoms with Crippen molar-refractivity contribution in [1.29, 1.82) is 0 Å². The number of fused-ring (bicyclic) bond motifs is 1. The standard InChI is InChI=1S/C18H23NO2/c1-21-18-9-8-15(16-6-2-3-7-17(16)18)12-19-10-4-5-14(11-19)13-20/h2-3,6-9,14,20H,4-5,10-13H2,1H3. The average molecular weight is 285 g/mol. The summed E-state index contributed by atoms with van der Waals surface area (Å²) in [6.07, 6.45) is 2.33. The third-order valence-corrected chi connectivity index (χ3v) is 4.45. The molecule has 1 fully saturated rings. The van der Waals surface area contributed by atoms with E-state index in [4.69, 9.17) is 4.74 Å². The van der Waals surface area contributed by atoms with Crippen molar-refractivity contribution in [2.45, 2.75) is 19.4 Å². The summed E-state index contributed by atoms with van der Waals surface area (Å²) < 4.78 is 5.46. The van der Waals surface area contributed by atoms with Gasteiger partial charge in [-0.3, -0.25) is 4.90 Å². The summed E-state index contributed by atoms with van der Waals surface area (Å²) in [4.78, 5) is 2.46. The summed E-state index contributed by atoms with van der Waals surface area (Å²) in [5.74, 6) is 1.37. The molecule has 0 aliphatic carbocycles. The molecule has 1 unspecified atom stereocenters. The monoisotopic (exact) mass is 285 g/mol. The fraction of sp³-hybridized carbons (Fsp3) is 0.444. The summed E-state index contributed by atoms with van der Waals surface area (Å²) in [6.45, 7) is 3.37. The van der Waals surface area contributed by atoms with E-state index in [2.05, 4.69) is 41.3 Å². The third kappa shape index (κ3) is 3.04. The fourth-order valence-corrected chi connectivity index (χ4v) is 3.33. The second-order valence-corrected chi connectivity index (χ2v) is 5.90. The van der Waals surface area contributed by atoms with Crippen LogP contribution in [-0.4, -0.2) is 36.8 Å². The maximum absolute atomic E-state index is 9.37. The predicted molar refractivity (Wildman–Crippen MR) is 85.6 cm³/mol. The highest BCUT2D eigenvalue weighted by Crippen LogP contribution is 2.29. The number of benzene rings is 2. The van der Waals surface area contributed by atoms with Crippen LogP contribution in [0.4, 0.5) is 0 Å². The zero-order valence-corrected chi connectivity index (χ0v) is 12.6. The van der Waals surface area contributed by atoms with Crippen LogP contribution in [0.3, 0.4) is 0 Å². The maximum Gasteiger partial charge on any atom is 0.126 e. The quantitative estimate of drug-likeness (QED) is 0.937. The molecule has 3 rings (SSSR count). The second-order valence-electron chi connectivity index (χ2n) is 5.90. The molecule has 0 bridgehead atoms. The second kappa shape index (κ2) is 6.46. The highest BCUT2D eigenvalue weighted by molar-refractivity contribution is 5.91. The van der Waals surface area contributed by atoms with Crippen LogP contribution in [0.5, 0.6) is 5.75 Å². The molecule has 1 N–H and O–H groups in total. The minimum Gasteiger partial charge on any atom is -0.496 e. The minimum absolute atomic E-state index is 0.305. The molecular formula is C18H23NO2. The molecule has 1 aliphatic rings. The van der Waals surface area contributed by atoms with Crippen molar-refractivity contribution in [3.63, 3.8) is 0 Å². The van der Waals surface area contributed by atoms with Gasteiger partial charge < -0.3 is 9.84 Å². The van der Waals surface area contributed by atoms with Gasteiger partial charge in [0, 0.05) is 25.1 Å². The van der Waals surface area contributed by atoms with E-state index < -0.39 is 0 Å². The lowest BCUT2D eigenvalue weighted by Crippen LogP contribution is -2.36. The highest BCUT2D eigenvalue weighted by Gasteiger charge is 2.20. The highest BCUT2D eigenvalue weighted by atomic mass is 16.5. The van der Waals surface area contributed by atoms with E-state index in [-0.39, 0.29) is 0 Å². The first-order valence-electron chi connectivity index (χ1n) is 7.69. The summed E-state index contributed by atoms with van der Waals surface area (Å²) in [7, 11) is 1.72. The van der Waals surface area contributed by atoms with E-state index in [1.165, 1.54) is 22.8 Å². The Labute approximate surface area is 126 Å². The maximum atomic E-state index is 9.37. The zero-order chi connectivity index (χ0) is 14.7. The van der Waals surface area contributed by atoms with Gasteiger partial charge in [0.1, 0.15) is 5.75 Å². The van der Waals surface area contributed by atoms with E-state index in [1.807, 2.05) is 0 Å². The van der Waals surface area contributed by atoms with Crippen LogP contribution in [0.2, 0.25) is 0 Å². The lowest BCUT2D eigenvalue weighted by Gasteiger charge is -2.32. The number of aliphatic hydroxyl groups excluding tert-OH is 1. The minimum atomic E-state index is 0.305. The molecule has 3 heteroatoms. The Morgan fingerprint density at radius 1 is 1.19 bits per heavy atom. The first-order chi connectivity index (χ1) is 10.3. The van der Waals surface area contributed by atoms with E-state index in [9.17, 15) is 5.11 Å². The van der Waals surface area contributed by atoms with Gasteiger partial charge in [-0.1, -0.05) is 30.3 Å². The lowest BCUT2D eigenvalue weighted by molar-refractivity contribution is 0.116. The molecule has 21 heavy (non-hydrogen) atoms. The van der Waals surface area contributed by atoms with Crippen molar-refractivity contribution in [3.8, 4) is 5.75 Å². The first kappa shape index (κ1) is 14.4. The van der Waals surface area contributed by atoms with E-state index in [0.717, 1.165) is 31.8 Å². The fourth-order valence-electron chi connectivity index (χ4n) is 3.33. The number of ether oxygens (including phenoxy) is 1. The SMILES string of the molecule is COc1ccc(CN2CCCC(CO)C2)c2ccccc12. The van der Waals surface area contributed by atoms with Gasteiger partial charge in [-0.15, -0.1) is 0 Å². The molecule has 0 radical (unpaired) electrons. The molecule has 0 aromatic heterocycles. The lowest BCUT2D eigenvalue weighted by atomic mass is 9.97. The summed E-state index contributed by atoms with van der Waals surface area (Å²) >= 11 is 0. The van der Waals surface area contributed by atoms with Crippen molar-refractivity contribution in [3.05, 3.63) is 42.0 Å². The van der Waals surface area contributed by atoms with Crippen LogP contribution >= 0.6 is 0 Å². The molecule has 2 aromatic rings. The van der Waals surface area contributed by atoms with Gasteiger partial charge in [0.15, 0.2) is 0 Å². The van der Waals surface area contributed by atoms with Crippen LogP contribution in [0.1, 0.15) is 18.4 Å². The Kier molecular flexibility index (Phi) is 4.42. The van der Waals surface area contributed by atoms with Gasteiger partial charge in [0.05, 0.1) is 7.11 Å². The van der Waals surface area contributed by atoms with Gasteiger partial charge >= 0.3 is 0 Å². The number of methoxy groups -OCH3 is 1. The van der Waals surface area contributed by atoms with Crippen LogP contribution < -0.4 is 4.74 Å². The molecule has 1 atom stereocenters. The number of likely N-dealkylation sites (tertiary alicyclic amines) is 1. The van der Waals surface area contributed by atoms with E-state index in [1.54, 1.807) is 7.11 Å².